The monoisotopic (exact) mass is 207 g/mol. The third-order valence-electron chi connectivity index (χ3n) is 2.63. The van der Waals surface area contributed by atoms with Crippen LogP contribution < -0.4 is 10.1 Å². The summed E-state index contributed by atoms with van der Waals surface area (Å²) >= 11 is 0. The number of nitrogens with one attached hydrogen (secondary N) is 1. The zero-order valence-corrected chi connectivity index (χ0v) is 9.03. The molecule has 0 bridgehead atoms. The Morgan fingerprint density at radius 2 is 2.27 bits per heavy atom. The lowest BCUT2D eigenvalue weighted by molar-refractivity contribution is 0.0651. The molecule has 0 aliphatic carbocycles. The Bertz CT molecular complexity index is 306. The smallest absolute Gasteiger partial charge is 0.124 e. The molecule has 1 saturated heterocycles. The first-order valence-corrected chi connectivity index (χ1v) is 5.37. The Morgan fingerprint density at radius 3 is 3.13 bits per heavy atom. The maximum absolute atomic E-state index is 5.79. The predicted octanol–water partition coefficient (Wildman–Crippen LogP) is 1.75. The van der Waals surface area contributed by atoms with Crippen molar-refractivity contribution in [2.75, 3.05) is 26.8 Å². The first-order chi connectivity index (χ1) is 7.42. The summed E-state index contributed by atoms with van der Waals surface area (Å²) in [6, 6.07) is 8.04. The summed E-state index contributed by atoms with van der Waals surface area (Å²) in [5, 5.41) is 3.37. The lowest BCUT2D eigenvalue weighted by atomic mass is 10.1. The minimum atomic E-state index is 0.114. The van der Waals surface area contributed by atoms with Gasteiger partial charge in [-0.1, -0.05) is 18.2 Å². The molecule has 0 saturated carbocycles. The first kappa shape index (κ1) is 10.5. The second-order valence-electron chi connectivity index (χ2n) is 3.66. The van der Waals surface area contributed by atoms with Crippen molar-refractivity contribution in [3.05, 3.63) is 29.8 Å². The fourth-order valence-corrected chi connectivity index (χ4v) is 1.85. The van der Waals surface area contributed by atoms with Crippen LogP contribution in [0.3, 0.4) is 0 Å². The van der Waals surface area contributed by atoms with Gasteiger partial charge in [0.15, 0.2) is 0 Å². The number of ether oxygens (including phenoxy) is 2. The zero-order valence-electron chi connectivity index (χ0n) is 9.03. The van der Waals surface area contributed by atoms with Crippen molar-refractivity contribution in [1.29, 1.82) is 0 Å². The average Bonchev–Trinajstić information content (AvgIpc) is 2.57. The highest BCUT2D eigenvalue weighted by Gasteiger charge is 2.17. The van der Waals surface area contributed by atoms with Gasteiger partial charge in [-0.05, 0) is 19.0 Å². The molecule has 0 amide bonds. The highest BCUT2D eigenvalue weighted by atomic mass is 16.5. The molecule has 3 heteroatoms. The van der Waals surface area contributed by atoms with Gasteiger partial charge in [0.05, 0.1) is 13.2 Å². The Hall–Kier alpha value is -1.06. The SMILES string of the molecule is COc1ccccc1C1CNCCCO1. The van der Waals surface area contributed by atoms with E-state index in [1.807, 2.05) is 18.2 Å². The van der Waals surface area contributed by atoms with Crippen LogP contribution in [0, 0.1) is 0 Å². The molecule has 3 nitrogen and oxygen atoms in total. The van der Waals surface area contributed by atoms with Crippen molar-refractivity contribution in [1.82, 2.24) is 5.32 Å². The Labute approximate surface area is 90.4 Å². The van der Waals surface area contributed by atoms with Gasteiger partial charge in [0.1, 0.15) is 5.75 Å². The summed E-state index contributed by atoms with van der Waals surface area (Å²) in [5.41, 5.74) is 1.13. The molecule has 1 aromatic carbocycles. The molecule has 1 N–H and O–H groups in total. The minimum absolute atomic E-state index is 0.114. The standard InChI is InChI=1S/C12H17NO2/c1-14-11-6-3-2-5-10(11)12-9-13-7-4-8-15-12/h2-3,5-6,12-13H,4,7-9H2,1H3. The van der Waals surface area contributed by atoms with Crippen LogP contribution in [0.15, 0.2) is 24.3 Å². The second-order valence-corrected chi connectivity index (χ2v) is 3.66. The van der Waals surface area contributed by atoms with Crippen molar-refractivity contribution in [2.45, 2.75) is 12.5 Å². The van der Waals surface area contributed by atoms with E-state index >= 15 is 0 Å². The van der Waals surface area contributed by atoms with E-state index in [4.69, 9.17) is 9.47 Å². The molecule has 0 spiro atoms. The molecular weight excluding hydrogens is 190 g/mol. The molecule has 0 radical (unpaired) electrons. The molecule has 1 fully saturated rings. The number of benzene rings is 1. The van der Waals surface area contributed by atoms with Crippen LogP contribution in [-0.4, -0.2) is 26.8 Å². The number of methoxy groups -OCH3 is 1. The van der Waals surface area contributed by atoms with Crippen molar-refractivity contribution < 1.29 is 9.47 Å². The summed E-state index contributed by atoms with van der Waals surface area (Å²) in [7, 11) is 1.70. The van der Waals surface area contributed by atoms with Gasteiger partial charge in [-0.2, -0.15) is 0 Å². The summed E-state index contributed by atoms with van der Waals surface area (Å²) in [6.45, 7) is 2.71. The summed E-state index contributed by atoms with van der Waals surface area (Å²) in [6.07, 6.45) is 1.19. The lowest BCUT2D eigenvalue weighted by Gasteiger charge is -2.18. The minimum Gasteiger partial charge on any atom is -0.496 e. The zero-order chi connectivity index (χ0) is 10.5. The van der Waals surface area contributed by atoms with Crippen LogP contribution in [0.25, 0.3) is 0 Å². The Kier molecular flexibility index (Phi) is 3.59. The molecular formula is C12H17NO2. The second kappa shape index (κ2) is 5.14. The van der Waals surface area contributed by atoms with E-state index in [0.29, 0.717) is 0 Å². The normalized spacial score (nSPS) is 22.1. The summed E-state index contributed by atoms with van der Waals surface area (Å²) in [5.74, 6) is 0.909. The molecule has 1 heterocycles. The largest absolute Gasteiger partial charge is 0.496 e. The molecule has 1 atom stereocenters. The van der Waals surface area contributed by atoms with E-state index in [0.717, 1.165) is 37.4 Å². The van der Waals surface area contributed by atoms with Crippen LogP contribution in [0.1, 0.15) is 18.1 Å². The number of rotatable bonds is 2. The van der Waals surface area contributed by atoms with Gasteiger partial charge in [0.25, 0.3) is 0 Å². The Morgan fingerprint density at radius 1 is 1.40 bits per heavy atom. The van der Waals surface area contributed by atoms with Crippen molar-refractivity contribution >= 4 is 0 Å². The van der Waals surface area contributed by atoms with Gasteiger partial charge in [-0.25, -0.2) is 0 Å². The summed E-state index contributed by atoms with van der Waals surface area (Å²) in [4.78, 5) is 0. The fraction of sp³-hybridized carbons (Fsp3) is 0.500. The average molecular weight is 207 g/mol. The van der Waals surface area contributed by atoms with Gasteiger partial charge in [-0.3, -0.25) is 0 Å². The molecule has 82 valence electrons. The van der Waals surface area contributed by atoms with Crippen LogP contribution in [0.2, 0.25) is 0 Å². The van der Waals surface area contributed by atoms with Crippen molar-refractivity contribution in [3.8, 4) is 5.75 Å². The lowest BCUT2D eigenvalue weighted by Crippen LogP contribution is -2.20. The third-order valence-corrected chi connectivity index (χ3v) is 2.63. The van der Waals surface area contributed by atoms with Crippen molar-refractivity contribution in [3.63, 3.8) is 0 Å². The molecule has 1 aromatic rings. The quantitative estimate of drug-likeness (QED) is 0.801. The first-order valence-electron chi connectivity index (χ1n) is 5.37. The van der Waals surface area contributed by atoms with E-state index in [2.05, 4.69) is 11.4 Å². The predicted molar refractivity (Wildman–Crippen MR) is 59.2 cm³/mol. The topological polar surface area (TPSA) is 30.5 Å². The molecule has 1 unspecified atom stereocenters. The molecule has 0 aromatic heterocycles. The Balaban J connectivity index is 2.18. The molecule has 15 heavy (non-hydrogen) atoms. The molecule has 2 rings (SSSR count). The van der Waals surface area contributed by atoms with Gasteiger partial charge in [0.2, 0.25) is 0 Å². The maximum Gasteiger partial charge on any atom is 0.124 e. The van der Waals surface area contributed by atoms with E-state index in [9.17, 15) is 0 Å². The van der Waals surface area contributed by atoms with Crippen LogP contribution in [0.5, 0.6) is 5.75 Å². The van der Waals surface area contributed by atoms with E-state index in [-0.39, 0.29) is 6.10 Å². The van der Waals surface area contributed by atoms with Crippen LogP contribution >= 0.6 is 0 Å². The van der Waals surface area contributed by atoms with Gasteiger partial charge in [0, 0.05) is 18.7 Å². The third kappa shape index (κ3) is 2.49. The number of hydrogen-bond donors (Lipinski definition) is 1. The van der Waals surface area contributed by atoms with E-state index in [1.165, 1.54) is 0 Å². The molecule has 1 aliphatic rings. The number of para-hydroxylation sites is 1. The highest BCUT2D eigenvalue weighted by molar-refractivity contribution is 5.35. The van der Waals surface area contributed by atoms with Crippen LogP contribution in [-0.2, 0) is 4.74 Å². The van der Waals surface area contributed by atoms with E-state index in [1.54, 1.807) is 7.11 Å². The van der Waals surface area contributed by atoms with Crippen molar-refractivity contribution in [2.24, 2.45) is 0 Å². The molecule has 1 aliphatic heterocycles. The summed E-state index contributed by atoms with van der Waals surface area (Å²) < 4.78 is 11.1. The van der Waals surface area contributed by atoms with Gasteiger partial charge >= 0.3 is 0 Å². The van der Waals surface area contributed by atoms with Gasteiger partial charge in [-0.15, -0.1) is 0 Å². The fourth-order valence-electron chi connectivity index (χ4n) is 1.85. The number of hydrogen-bond acceptors (Lipinski definition) is 3. The highest BCUT2D eigenvalue weighted by Crippen LogP contribution is 2.27. The van der Waals surface area contributed by atoms with Crippen LogP contribution in [0.4, 0.5) is 0 Å². The van der Waals surface area contributed by atoms with E-state index < -0.39 is 0 Å². The maximum atomic E-state index is 5.79. The van der Waals surface area contributed by atoms with Gasteiger partial charge < -0.3 is 14.8 Å².